The van der Waals surface area contributed by atoms with E-state index >= 15 is 0 Å². The van der Waals surface area contributed by atoms with Crippen molar-refractivity contribution >= 4 is 0 Å². The van der Waals surface area contributed by atoms with Crippen LogP contribution in [-0.4, -0.2) is 11.2 Å². The second kappa shape index (κ2) is 4.21. The van der Waals surface area contributed by atoms with Gasteiger partial charge in [-0.05, 0) is 65.5 Å². The maximum Gasteiger partial charge on any atom is 0.0583 e. The Morgan fingerprint density at radius 2 is 1.63 bits per heavy atom. The Hall–Kier alpha value is -1.60. The Kier molecular flexibility index (Phi) is 2.49. The van der Waals surface area contributed by atoms with Crippen molar-refractivity contribution in [3.05, 3.63) is 58.7 Å². The normalized spacial score (nSPS) is 20.4. The van der Waals surface area contributed by atoms with E-state index in [2.05, 4.69) is 36.4 Å². The molecule has 0 amide bonds. The quantitative estimate of drug-likeness (QED) is 0.760. The minimum absolute atomic E-state index is 0.149. The summed E-state index contributed by atoms with van der Waals surface area (Å²) in [6, 6.07) is 13.5. The largest absolute Gasteiger partial charge is 0.393 e. The van der Waals surface area contributed by atoms with Gasteiger partial charge in [0.15, 0.2) is 0 Å². The van der Waals surface area contributed by atoms with Crippen LogP contribution in [0.1, 0.15) is 28.7 Å². The second-order valence-electron chi connectivity index (χ2n) is 5.83. The highest BCUT2D eigenvalue weighted by Gasteiger charge is 2.21. The van der Waals surface area contributed by atoms with Gasteiger partial charge in [0.1, 0.15) is 0 Å². The Morgan fingerprint density at radius 1 is 0.789 bits per heavy atom. The summed E-state index contributed by atoms with van der Waals surface area (Å²) in [6.45, 7) is 0. The third-order valence-corrected chi connectivity index (χ3v) is 4.60. The van der Waals surface area contributed by atoms with Crippen LogP contribution in [0.25, 0.3) is 11.1 Å². The summed E-state index contributed by atoms with van der Waals surface area (Å²) in [5, 5.41) is 9.86. The van der Waals surface area contributed by atoms with Gasteiger partial charge in [0.2, 0.25) is 0 Å². The molecule has 0 saturated carbocycles. The molecular formula is C18H18O. The Bertz CT molecular complexity index is 642. The fourth-order valence-corrected chi connectivity index (χ4v) is 3.57. The predicted octanol–water partition coefficient (Wildman–Crippen LogP) is 3.30. The first-order valence-electron chi connectivity index (χ1n) is 7.22. The minimum Gasteiger partial charge on any atom is -0.393 e. The van der Waals surface area contributed by atoms with Gasteiger partial charge in [0.05, 0.1) is 6.10 Å². The highest BCUT2D eigenvalue weighted by atomic mass is 16.3. The lowest BCUT2D eigenvalue weighted by Crippen LogP contribution is -2.19. The molecule has 2 aliphatic carbocycles. The van der Waals surface area contributed by atoms with Gasteiger partial charge in [-0.2, -0.15) is 0 Å². The van der Waals surface area contributed by atoms with Gasteiger partial charge in [-0.15, -0.1) is 0 Å². The SMILES string of the molecule is OC1CCc2cc3c(cc2C1)-c1ccccc1CC3. The standard InChI is InChI=1S/C18H18O/c19-16-8-7-13-9-14-6-5-12-3-1-2-4-17(12)18(14)11-15(13)10-16/h1-4,9,11,16,19H,5-8,10H2. The maximum absolute atomic E-state index is 9.86. The number of hydrogen-bond acceptors (Lipinski definition) is 1. The second-order valence-corrected chi connectivity index (χ2v) is 5.83. The molecule has 0 heterocycles. The highest BCUT2D eigenvalue weighted by Crippen LogP contribution is 2.36. The molecule has 0 saturated heterocycles. The van der Waals surface area contributed by atoms with Gasteiger partial charge < -0.3 is 5.11 Å². The maximum atomic E-state index is 9.86. The van der Waals surface area contributed by atoms with E-state index in [1.54, 1.807) is 0 Å². The number of aliphatic hydroxyl groups is 1. The molecule has 1 unspecified atom stereocenters. The Labute approximate surface area is 113 Å². The van der Waals surface area contributed by atoms with Crippen LogP contribution in [0.2, 0.25) is 0 Å². The molecule has 0 radical (unpaired) electrons. The lowest BCUT2D eigenvalue weighted by Gasteiger charge is -2.26. The zero-order valence-electron chi connectivity index (χ0n) is 11.0. The monoisotopic (exact) mass is 250 g/mol. The van der Waals surface area contributed by atoms with E-state index in [1.807, 2.05) is 0 Å². The van der Waals surface area contributed by atoms with Gasteiger partial charge in [-0.1, -0.05) is 36.4 Å². The van der Waals surface area contributed by atoms with Gasteiger partial charge in [-0.25, -0.2) is 0 Å². The van der Waals surface area contributed by atoms with E-state index in [9.17, 15) is 5.11 Å². The molecule has 2 aromatic rings. The third-order valence-electron chi connectivity index (χ3n) is 4.60. The smallest absolute Gasteiger partial charge is 0.0583 e. The van der Waals surface area contributed by atoms with Crippen LogP contribution >= 0.6 is 0 Å². The molecule has 2 aromatic carbocycles. The molecular weight excluding hydrogens is 232 g/mol. The Morgan fingerprint density at radius 3 is 2.58 bits per heavy atom. The van der Waals surface area contributed by atoms with Crippen molar-refractivity contribution in [3.63, 3.8) is 0 Å². The van der Waals surface area contributed by atoms with Gasteiger partial charge >= 0.3 is 0 Å². The molecule has 1 atom stereocenters. The van der Waals surface area contributed by atoms with Crippen molar-refractivity contribution in [2.75, 3.05) is 0 Å². The fourth-order valence-electron chi connectivity index (χ4n) is 3.57. The molecule has 1 nitrogen and oxygen atoms in total. The molecule has 1 heteroatoms. The van der Waals surface area contributed by atoms with Crippen molar-refractivity contribution in [3.8, 4) is 11.1 Å². The Balaban J connectivity index is 1.89. The number of rotatable bonds is 0. The first-order chi connectivity index (χ1) is 9.31. The topological polar surface area (TPSA) is 20.2 Å². The predicted molar refractivity (Wildman–Crippen MR) is 77.3 cm³/mol. The minimum atomic E-state index is -0.149. The van der Waals surface area contributed by atoms with Gasteiger partial charge in [0.25, 0.3) is 0 Å². The molecule has 96 valence electrons. The fraction of sp³-hybridized carbons (Fsp3) is 0.333. The molecule has 19 heavy (non-hydrogen) atoms. The average Bonchev–Trinajstić information content (AvgIpc) is 2.45. The molecule has 0 bridgehead atoms. The molecule has 0 fully saturated rings. The summed E-state index contributed by atoms with van der Waals surface area (Å²) in [4.78, 5) is 0. The first-order valence-corrected chi connectivity index (χ1v) is 7.22. The molecule has 0 aliphatic heterocycles. The van der Waals surface area contributed by atoms with E-state index in [0.29, 0.717) is 0 Å². The van der Waals surface area contributed by atoms with E-state index < -0.39 is 0 Å². The van der Waals surface area contributed by atoms with Crippen LogP contribution in [0.15, 0.2) is 36.4 Å². The van der Waals surface area contributed by atoms with Crippen molar-refractivity contribution < 1.29 is 5.11 Å². The number of benzene rings is 2. The van der Waals surface area contributed by atoms with E-state index in [-0.39, 0.29) is 6.10 Å². The molecule has 4 rings (SSSR count). The van der Waals surface area contributed by atoms with Gasteiger partial charge in [-0.3, -0.25) is 0 Å². The number of aryl methyl sites for hydroxylation is 3. The summed E-state index contributed by atoms with van der Waals surface area (Å²) < 4.78 is 0. The van der Waals surface area contributed by atoms with Crippen molar-refractivity contribution in [1.29, 1.82) is 0 Å². The molecule has 0 aromatic heterocycles. The zero-order valence-corrected chi connectivity index (χ0v) is 11.0. The first kappa shape index (κ1) is 11.2. The number of fused-ring (bicyclic) bond motifs is 4. The summed E-state index contributed by atoms with van der Waals surface area (Å²) in [5.41, 5.74) is 8.57. The molecule has 0 spiro atoms. The van der Waals surface area contributed by atoms with Gasteiger partial charge in [0, 0.05) is 0 Å². The van der Waals surface area contributed by atoms with Crippen LogP contribution in [-0.2, 0) is 25.7 Å². The lowest BCUT2D eigenvalue weighted by molar-refractivity contribution is 0.158. The van der Waals surface area contributed by atoms with E-state index in [0.717, 1.165) is 32.1 Å². The van der Waals surface area contributed by atoms with Crippen molar-refractivity contribution in [2.24, 2.45) is 0 Å². The van der Waals surface area contributed by atoms with E-state index in [4.69, 9.17) is 0 Å². The molecule has 2 aliphatic rings. The van der Waals surface area contributed by atoms with Crippen LogP contribution in [0.4, 0.5) is 0 Å². The van der Waals surface area contributed by atoms with Crippen molar-refractivity contribution in [2.45, 2.75) is 38.2 Å². The van der Waals surface area contributed by atoms with Crippen LogP contribution in [0, 0.1) is 0 Å². The zero-order chi connectivity index (χ0) is 12.8. The summed E-state index contributed by atoms with van der Waals surface area (Å²) >= 11 is 0. The highest BCUT2D eigenvalue weighted by molar-refractivity contribution is 5.74. The van der Waals surface area contributed by atoms with Crippen LogP contribution in [0.5, 0.6) is 0 Å². The number of aliphatic hydroxyl groups excluding tert-OH is 1. The van der Waals surface area contributed by atoms with Crippen LogP contribution < -0.4 is 0 Å². The summed E-state index contributed by atoms with van der Waals surface area (Å²) in [5.74, 6) is 0. The molecule has 1 N–H and O–H groups in total. The van der Waals surface area contributed by atoms with E-state index in [1.165, 1.54) is 33.4 Å². The van der Waals surface area contributed by atoms with Crippen molar-refractivity contribution in [1.82, 2.24) is 0 Å². The summed E-state index contributed by atoms with van der Waals surface area (Å²) in [6.07, 6.45) is 4.94. The lowest BCUT2D eigenvalue weighted by atomic mass is 9.80. The summed E-state index contributed by atoms with van der Waals surface area (Å²) in [7, 11) is 0. The number of hydrogen-bond donors (Lipinski definition) is 1. The third kappa shape index (κ3) is 1.81. The average molecular weight is 250 g/mol. The van der Waals surface area contributed by atoms with Crippen LogP contribution in [0.3, 0.4) is 0 Å².